The Bertz CT molecular complexity index is 461. The zero-order chi connectivity index (χ0) is 13.8. The van der Waals surface area contributed by atoms with E-state index in [-0.39, 0.29) is 5.91 Å². The van der Waals surface area contributed by atoms with Gasteiger partial charge in [0, 0.05) is 21.8 Å². The topological polar surface area (TPSA) is 55.1 Å². The van der Waals surface area contributed by atoms with Gasteiger partial charge in [-0.3, -0.25) is 4.79 Å². The van der Waals surface area contributed by atoms with E-state index in [4.69, 9.17) is 5.73 Å². The lowest BCUT2D eigenvalue weighted by atomic mass is 9.83. The Labute approximate surface area is 123 Å². The third-order valence-corrected chi connectivity index (χ3v) is 4.73. The first-order chi connectivity index (χ1) is 9.11. The van der Waals surface area contributed by atoms with Crippen LogP contribution in [0.15, 0.2) is 22.7 Å². The highest BCUT2D eigenvalue weighted by atomic mass is 79.9. The second-order valence-corrected chi connectivity index (χ2v) is 6.12. The molecule has 2 atom stereocenters. The molecule has 1 fully saturated rings. The molecule has 0 aliphatic heterocycles. The Hall–Kier alpha value is -1.03. The lowest BCUT2D eigenvalue weighted by Gasteiger charge is -2.31. The smallest absolute Gasteiger partial charge is 0.251 e. The van der Waals surface area contributed by atoms with Crippen molar-refractivity contribution < 1.29 is 4.79 Å². The molecule has 19 heavy (non-hydrogen) atoms. The Morgan fingerprint density at radius 1 is 1.42 bits per heavy atom. The molecule has 0 saturated heterocycles. The molecule has 3 nitrogen and oxygen atoms in total. The highest BCUT2D eigenvalue weighted by Gasteiger charge is 2.25. The molecular formula is C15H21BrN2O. The van der Waals surface area contributed by atoms with Gasteiger partial charge >= 0.3 is 0 Å². The van der Waals surface area contributed by atoms with Crippen LogP contribution >= 0.6 is 15.9 Å². The highest BCUT2D eigenvalue weighted by Crippen LogP contribution is 2.27. The minimum atomic E-state index is -0.00968. The molecule has 1 aliphatic carbocycles. The molecule has 0 spiro atoms. The van der Waals surface area contributed by atoms with E-state index in [1.165, 1.54) is 19.3 Å². The van der Waals surface area contributed by atoms with Crippen LogP contribution in [0.25, 0.3) is 0 Å². The third kappa shape index (κ3) is 3.50. The van der Waals surface area contributed by atoms with Gasteiger partial charge in [-0.25, -0.2) is 0 Å². The minimum Gasteiger partial charge on any atom is -0.398 e. The Balaban J connectivity index is 2.05. The number of anilines is 1. The average Bonchev–Trinajstić information content (AvgIpc) is 2.42. The van der Waals surface area contributed by atoms with Crippen molar-refractivity contribution in [3.63, 3.8) is 0 Å². The van der Waals surface area contributed by atoms with Crippen molar-refractivity contribution in [3.05, 3.63) is 28.2 Å². The first-order valence-corrected chi connectivity index (χ1v) is 7.77. The highest BCUT2D eigenvalue weighted by molar-refractivity contribution is 9.10. The molecule has 0 heterocycles. The van der Waals surface area contributed by atoms with E-state index in [2.05, 4.69) is 28.2 Å². The van der Waals surface area contributed by atoms with Crippen molar-refractivity contribution in [2.24, 2.45) is 5.92 Å². The van der Waals surface area contributed by atoms with Crippen molar-refractivity contribution in [2.75, 3.05) is 5.73 Å². The molecule has 1 aliphatic rings. The monoisotopic (exact) mass is 324 g/mol. The number of rotatable bonds is 3. The van der Waals surface area contributed by atoms with Gasteiger partial charge in [0.1, 0.15) is 0 Å². The molecule has 0 aromatic heterocycles. The number of carbonyl (C=O) groups is 1. The second kappa shape index (κ2) is 6.42. The van der Waals surface area contributed by atoms with Gasteiger partial charge in [-0.2, -0.15) is 0 Å². The number of hydrogen-bond acceptors (Lipinski definition) is 2. The average molecular weight is 325 g/mol. The lowest BCUT2D eigenvalue weighted by molar-refractivity contribution is 0.0905. The van der Waals surface area contributed by atoms with E-state index in [1.807, 2.05) is 6.07 Å². The summed E-state index contributed by atoms with van der Waals surface area (Å²) in [6.45, 7) is 2.20. The summed E-state index contributed by atoms with van der Waals surface area (Å²) >= 11 is 3.34. The summed E-state index contributed by atoms with van der Waals surface area (Å²) in [6.07, 6.45) is 5.95. The van der Waals surface area contributed by atoms with Gasteiger partial charge < -0.3 is 11.1 Å². The number of nitrogen functional groups attached to an aromatic ring is 1. The molecule has 4 heteroatoms. The summed E-state index contributed by atoms with van der Waals surface area (Å²) in [4.78, 5) is 12.3. The molecule has 2 unspecified atom stereocenters. The zero-order valence-corrected chi connectivity index (χ0v) is 12.9. The van der Waals surface area contributed by atoms with Crippen LogP contribution in [0.4, 0.5) is 5.69 Å². The van der Waals surface area contributed by atoms with Crippen molar-refractivity contribution in [1.29, 1.82) is 0 Å². The largest absolute Gasteiger partial charge is 0.398 e. The van der Waals surface area contributed by atoms with Crippen LogP contribution in [0.5, 0.6) is 0 Å². The van der Waals surface area contributed by atoms with Crippen LogP contribution in [0, 0.1) is 5.92 Å². The molecule has 2 rings (SSSR count). The summed E-state index contributed by atoms with van der Waals surface area (Å²) in [6, 6.07) is 5.67. The predicted octanol–water partition coefficient (Wildman–Crippen LogP) is 3.73. The number of carbonyl (C=O) groups excluding carboxylic acids is 1. The van der Waals surface area contributed by atoms with E-state index in [0.717, 1.165) is 17.3 Å². The number of benzene rings is 1. The molecule has 1 aromatic rings. The number of nitrogens with one attached hydrogen (secondary N) is 1. The van der Waals surface area contributed by atoms with Crippen LogP contribution in [0.1, 0.15) is 49.4 Å². The fourth-order valence-electron chi connectivity index (χ4n) is 2.82. The maximum Gasteiger partial charge on any atom is 0.251 e. The van der Waals surface area contributed by atoms with Crippen LogP contribution < -0.4 is 11.1 Å². The van der Waals surface area contributed by atoms with Crippen LogP contribution in [0.2, 0.25) is 0 Å². The Morgan fingerprint density at radius 2 is 2.16 bits per heavy atom. The summed E-state index contributed by atoms with van der Waals surface area (Å²) in [5.74, 6) is 0.607. The van der Waals surface area contributed by atoms with Gasteiger partial charge in [0.05, 0.1) is 0 Å². The predicted molar refractivity (Wildman–Crippen MR) is 82.1 cm³/mol. The SMILES string of the molecule is CCC1CCCCC1NC(=O)c1ccc(Br)c(N)c1. The number of nitrogens with two attached hydrogens (primary N) is 1. The van der Waals surface area contributed by atoms with Gasteiger partial charge in [0.25, 0.3) is 5.91 Å². The Morgan fingerprint density at radius 3 is 2.84 bits per heavy atom. The van der Waals surface area contributed by atoms with E-state index in [1.54, 1.807) is 12.1 Å². The maximum atomic E-state index is 12.3. The molecule has 3 N–H and O–H groups in total. The first-order valence-electron chi connectivity index (χ1n) is 6.97. The van der Waals surface area contributed by atoms with Crippen molar-refractivity contribution in [1.82, 2.24) is 5.32 Å². The van der Waals surface area contributed by atoms with Crippen LogP contribution in [-0.2, 0) is 0 Å². The lowest BCUT2D eigenvalue weighted by Crippen LogP contribution is -2.41. The van der Waals surface area contributed by atoms with E-state index >= 15 is 0 Å². The van der Waals surface area contributed by atoms with E-state index in [0.29, 0.717) is 23.2 Å². The second-order valence-electron chi connectivity index (χ2n) is 5.27. The molecular weight excluding hydrogens is 304 g/mol. The van der Waals surface area contributed by atoms with Gasteiger partial charge in [0.2, 0.25) is 0 Å². The number of hydrogen-bond donors (Lipinski definition) is 2. The Kier molecular flexibility index (Phi) is 4.86. The van der Waals surface area contributed by atoms with Crippen molar-refractivity contribution >= 4 is 27.5 Å². The zero-order valence-electron chi connectivity index (χ0n) is 11.3. The van der Waals surface area contributed by atoms with E-state index < -0.39 is 0 Å². The van der Waals surface area contributed by atoms with Crippen LogP contribution in [0.3, 0.4) is 0 Å². The maximum absolute atomic E-state index is 12.3. The van der Waals surface area contributed by atoms with Gasteiger partial charge in [0.15, 0.2) is 0 Å². The molecule has 0 radical (unpaired) electrons. The van der Waals surface area contributed by atoms with Gasteiger partial charge in [-0.1, -0.05) is 26.2 Å². The fourth-order valence-corrected chi connectivity index (χ4v) is 3.07. The van der Waals surface area contributed by atoms with E-state index in [9.17, 15) is 4.79 Å². The molecule has 1 saturated carbocycles. The molecule has 1 amide bonds. The van der Waals surface area contributed by atoms with Crippen molar-refractivity contribution in [3.8, 4) is 0 Å². The minimum absolute atomic E-state index is 0.00968. The summed E-state index contributed by atoms with van der Waals surface area (Å²) in [7, 11) is 0. The normalized spacial score (nSPS) is 23.1. The number of halogens is 1. The molecule has 0 bridgehead atoms. The summed E-state index contributed by atoms with van der Waals surface area (Å²) < 4.78 is 0.827. The van der Waals surface area contributed by atoms with Crippen molar-refractivity contribution in [2.45, 2.75) is 45.1 Å². The summed E-state index contributed by atoms with van der Waals surface area (Å²) in [5.41, 5.74) is 7.06. The standard InChI is InChI=1S/C15H21BrN2O/c1-2-10-5-3-4-6-14(10)18-15(19)11-7-8-12(16)13(17)9-11/h7-10,14H,2-6,17H2,1H3,(H,18,19). The summed E-state index contributed by atoms with van der Waals surface area (Å²) in [5, 5.41) is 3.17. The third-order valence-electron chi connectivity index (χ3n) is 4.01. The quantitative estimate of drug-likeness (QED) is 0.832. The molecule has 1 aromatic carbocycles. The van der Waals surface area contributed by atoms with Gasteiger partial charge in [-0.15, -0.1) is 0 Å². The van der Waals surface area contributed by atoms with Gasteiger partial charge in [-0.05, 0) is 52.9 Å². The fraction of sp³-hybridized carbons (Fsp3) is 0.533. The van der Waals surface area contributed by atoms with Crippen LogP contribution in [-0.4, -0.2) is 11.9 Å². The molecule has 104 valence electrons. The first kappa shape index (κ1) is 14.4. The number of amides is 1.